The highest BCUT2D eigenvalue weighted by Crippen LogP contribution is 2.12. The Morgan fingerprint density at radius 2 is 2.12 bits per heavy atom. The molecule has 1 aromatic carbocycles. The molecule has 0 atom stereocenters. The molecule has 0 bridgehead atoms. The number of carbonyl (C=O) groups is 1. The summed E-state index contributed by atoms with van der Waals surface area (Å²) in [5, 5.41) is 6.87. The van der Waals surface area contributed by atoms with Crippen molar-refractivity contribution < 1.29 is 9.53 Å². The maximum Gasteiger partial charge on any atom is 0.291 e. The molecule has 3 aromatic rings. The third kappa shape index (κ3) is 3.17. The zero-order chi connectivity index (χ0) is 16.9. The number of hydrazone groups is 1. The number of rotatable bonds is 5. The highest BCUT2D eigenvalue weighted by atomic mass is 16.5. The van der Waals surface area contributed by atoms with Gasteiger partial charge in [0.15, 0.2) is 11.5 Å². The number of carbonyl (C=O) groups excluding carboxylic acids is 1. The Morgan fingerprint density at radius 1 is 1.33 bits per heavy atom. The van der Waals surface area contributed by atoms with Gasteiger partial charge in [0.05, 0.1) is 13.3 Å². The van der Waals surface area contributed by atoms with E-state index in [0.29, 0.717) is 11.5 Å². The first-order valence-electron chi connectivity index (χ1n) is 7.20. The first kappa shape index (κ1) is 15.5. The van der Waals surface area contributed by atoms with Crippen molar-refractivity contribution in [2.24, 2.45) is 5.10 Å². The molecule has 24 heavy (non-hydrogen) atoms. The standard InChI is InChI=1S/C16H16N6O2/c1-17-14-15-20-13(10-22(15)8-7-18-14)16(23)21-19-9-11-3-5-12(24-2)6-4-11/h3-10H,1-2H3,(H,17,18)(H,21,23)/b19-9+. The number of aromatic nitrogens is 3. The Labute approximate surface area is 138 Å². The molecular weight excluding hydrogens is 308 g/mol. The molecule has 3 rings (SSSR count). The molecule has 122 valence electrons. The molecule has 8 heteroatoms. The predicted molar refractivity (Wildman–Crippen MR) is 90.6 cm³/mol. The van der Waals surface area contributed by atoms with Crippen LogP contribution in [0.5, 0.6) is 5.75 Å². The molecule has 8 nitrogen and oxygen atoms in total. The molecule has 0 unspecified atom stereocenters. The van der Waals surface area contributed by atoms with Gasteiger partial charge < -0.3 is 14.5 Å². The fourth-order valence-electron chi connectivity index (χ4n) is 2.12. The van der Waals surface area contributed by atoms with Crippen LogP contribution in [0.1, 0.15) is 16.1 Å². The lowest BCUT2D eigenvalue weighted by Gasteiger charge is -1.99. The summed E-state index contributed by atoms with van der Waals surface area (Å²) in [6.45, 7) is 0. The van der Waals surface area contributed by atoms with Gasteiger partial charge in [0.1, 0.15) is 11.4 Å². The fourth-order valence-corrected chi connectivity index (χ4v) is 2.12. The average Bonchev–Trinajstić information content (AvgIpc) is 3.06. The minimum Gasteiger partial charge on any atom is -0.497 e. The van der Waals surface area contributed by atoms with E-state index >= 15 is 0 Å². The van der Waals surface area contributed by atoms with Crippen molar-refractivity contribution >= 4 is 23.6 Å². The zero-order valence-corrected chi connectivity index (χ0v) is 13.2. The Morgan fingerprint density at radius 3 is 2.83 bits per heavy atom. The molecule has 2 heterocycles. The van der Waals surface area contributed by atoms with E-state index in [0.717, 1.165) is 11.3 Å². The number of methoxy groups -OCH3 is 1. The van der Waals surface area contributed by atoms with Crippen LogP contribution in [-0.2, 0) is 0 Å². The Balaban J connectivity index is 1.71. The minimum atomic E-state index is -0.398. The quantitative estimate of drug-likeness (QED) is 0.548. The summed E-state index contributed by atoms with van der Waals surface area (Å²) in [5.41, 5.74) is 4.13. The van der Waals surface area contributed by atoms with Crippen molar-refractivity contribution in [1.82, 2.24) is 19.8 Å². The molecule has 0 spiro atoms. The second-order valence-corrected chi connectivity index (χ2v) is 4.86. The monoisotopic (exact) mass is 324 g/mol. The van der Waals surface area contributed by atoms with Crippen LogP contribution >= 0.6 is 0 Å². The van der Waals surface area contributed by atoms with Gasteiger partial charge in [-0.15, -0.1) is 0 Å². The van der Waals surface area contributed by atoms with Crippen LogP contribution in [0.4, 0.5) is 5.82 Å². The molecule has 0 aliphatic rings. The molecule has 0 saturated carbocycles. The van der Waals surface area contributed by atoms with E-state index < -0.39 is 5.91 Å². The average molecular weight is 324 g/mol. The van der Waals surface area contributed by atoms with Gasteiger partial charge in [0.2, 0.25) is 0 Å². The van der Waals surface area contributed by atoms with Crippen LogP contribution in [0.15, 0.2) is 48.0 Å². The summed E-state index contributed by atoms with van der Waals surface area (Å²) in [5.74, 6) is 0.957. The number of imidazole rings is 1. The lowest BCUT2D eigenvalue weighted by molar-refractivity contribution is 0.0951. The Kier molecular flexibility index (Phi) is 4.37. The highest BCUT2D eigenvalue weighted by Gasteiger charge is 2.12. The van der Waals surface area contributed by atoms with Crippen LogP contribution in [0.3, 0.4) is 0 Å². The lowest BCUT2D eigenvalue weighted by atomic mass is 10.2. The topological polar surface area (TPSA) is 92.9 Å². The van der Waals surface area contributed by atoms with E-state index in [9.17, 15) is 4.79 Å². The summed E-state index contributed by atoms with van der Waals surface area (Å²) in [7, 11) is 3.35. The summed E-state index contributed by atoms with van der Waals surface area (Å²) in [4.78, 5) is 20.6. The van der Waals surface area contributed by atoms with Crippen molar-refractivity contribution in [2.45, 2.75) is 0 Å². The number of amides is 1. The van der Waals surface area contributed by atoms with Gasteiger partial charge in [-0.2, -0.15) is 5.10 Å². The Bertz CT molecular complexity index is 885. The normalized spacial score (nSPS) is 10.9. The molecule has 0 radical (unpaired) electrons. The SMILES string of the molecule is CNc1nccn2cc(C(=O)N/N=C/c3ccc(OC)cc3)nc12. The van der Waals surface area contributed by atoms with E-state index in [1.807, 2.05) is 24.3 Å². The summed E-state index contributed by atoms with van der Waals surface area (Å²) >= 11 is 0. The number of nitrogens with zero attached hydrogens (tertiary/aromatic N) is 4. The molecule has 0 saturated heterocycles. The molecule has 1 amide bonds. The van der Waals surface area contributed by atoms with Crippen LogP contribution in [0.2, 0.25) is 0 Å². The molecule has 0 fully saturated rings. The van der Waals surface area contributed by atoms with E-state index in [1.54, 1.807) is 43.4 Å². The molecular formula is C16H16N6O2. The third-order valence-corrected chi connectivity index (χ3v) is 3.34. The number of nitrogens with one attached hydrogen (secondary N) is 2. The first-order chi connectivity index (χ1) is 11.7. The van der Waals surface area contributed by atoms with Gasteiger partial charge in [0.25, 0.3) is 5.91 Å². The summed E-state index contributed by atoms with van der Waals surface area (Å²) in [6, 6.07) is 7.31. The van der Waals surface area contributed by atoms with Gasteiger partial charge in [-0.1, -0.05) is 0 Å². The van der Waals surface area contributed by atoms with Crippen molar-refractivity contribution in [3.8, 4) is 5.75 Å². The van der Waals surface area contributed by atoms with Crippen LogP contribution < -0.4 is 15.5 Å². The highest BCUT2D eigenvalue weighted by molar-refractivity contribution is 5.94. The number of anilines is 1. The molecule has 0 aliphatic carbocycles. The number of hydrogen-bond donors (Lipinski definition) is 2. The fraction of sp³-hybridized carbons (Fsp3) is 0.125. The second kappa shape index (κ2) is 6.78. The smallest absolute Gasteiger partial charge is 0.291 e. The molecule has 0 aliphatic heterocycles. The van der Waals surface area contributed by atoms with E-state index in [1.165, 1.54) is 0 Å². The van der Waals surface area contributed by atoms with Gasteiger partial charge >= 0.3 is 0 Å². The largest absolute Gasteiger partial charge is 0.497 e. The maximum atomic E-state index is 12.1. The third-order valence-electron chi connectivity index (χ3n) is 3.34. The summed E-state index contributed by atoms with van der Waals surface area (Å²) in [6.07, 6.45) is 6.52. The van der Waals surface area contributed by atoms with Crippen molar-refractivity contribution in [2.75, 3.05) is 19.5 Å². The van der Waals surface area contributed by atoms with Gasteiger partial charge in [-0.25, -0.2) is 15.4 Å². The minimum absolute atomic E-state index is 0.256. The predicted octanol–water partition coefficient (Wildman–Crippen LogP) is 1.54. The van der Waals surface area contributed by atoms with Gasteiger partial charge in [0, 0.05) is 25.6 Å². The summed E-state index contributed by atoms with van der Waals surface area (Å²) < 4.78 is 6.81. The number of fused-ring (bicyclic) bond motifs is 1. The number of benzene rings is 1. The van der Waals surface area contributed by atoms with E-state index in [-0.39, 0.29) is 5.69 Å². The van der Waals surface area contributed by atoms with Crippen LogP contribution in [-0.4, -0.2) is 40.6 Å². The number of ether oxygens (including phenoxy) is 1. The maximum absolute atomic E-state index is 12.1. The number of hydrogen-bond acceptors (Lipinski definition) is 6. The van der Waals surface area contributed by atoms with Gasteiger partial charge in [-0.05, 0) is 29.8 Å². The van der Waals surface area contributed by atoms with Crippen molar-refractivity contribution in [1.29, 1.82) is 0 Å². The lowest BCUT2D eigenvalue weighted by Crippen LogP contribution is -2.17. The zero-order valence-electron chi connectivity index (χ0n) is 13.2. The van der Waals surface area contributed by atoms with E-state index in [2.05, 4.69) is 25.8 Å². The second-order valence-electron chi connectivity index (χ2n) is 4.86. The van der Waals surface area contributed by atoms with E-state index in [4.69, 9.17) is 4.74 Å². The van der Waals surface area contributed by atoms with Crippen LogP contribution in [0.25, 0.3) is 5.65 Å². The van der Waals surface area contributed by atoms with Crippen molar-refractivity contribution in [3.63, 3.8) is 0 Å². The van der Waals surface area contributed by atoms with Gasteiger partial charge in [-0.3, -0.25) is 4.79 Å². The molecule has 2 N–H and O–H groups in total. The molecule has 2 aromatic heterocycles. The van der Waals surface area contributed by atoms with Crippen LogP contribution in [0, 0.1) is 0 Å². The first-order valence-corrected chi connectivity index (χ1v) is 7.20. The van der Waals surface area contributed by atoms with Crippen molar-refractivity contribution in [3.05, 3.63) is 54.1 Å². The Hall–Kier alpha value is -3.42.